The van der Waals surface area contributed by atoms with Crippen molar-refractivity contribution in [2.75, 3.05) is 13.8 Å². The predicted molar refractivity (Wildman–Crippen MR) is 113 cm³/mol. The second-order valence-corrected chi connectivity index (χ2v) is 7.04. The fourth-order valence-electron chi connectivity index (χ4n) is 3.35. The Bertz CT molecular complexity index is 1250. The minimum absolute atomic E-state index is 0.136. The van der Waals surface area contributed by atoms with Crippen LogP contribution < -0.4 is 5.43 Å². The number of halogens is 1. The largest absolute Gasteiger partial charge is 0.378 e. The molecule has 0 unspecified atom stereocenters. The third-order valence-corrected chi connectivity index (χ3v) is 4.90. The van der Waals surface area contributed by atoms with Crippen molar-refractivity contribution >= 4 is 6.34 Å². The van der Waals surface area contributed by atoms with Gasteiger partial charge in [0.1, 0.15) is 30.2 Å². The summed E-state index contributed by atoms with van der Waals surface area (Å²) >= 11 is 0. The number of hydrazine groups is 1. The van der Waals surface area contributed by atoms with Crippen molar-refractivity contribution in [2.45, 2.75) is 13.2 Å². The summed E-state index contributed by atoms with van der Waals surface area (Å²) in [5.74, 6) is 0.162. The van der Waals surface area contributed by atoms with E-state index in [4.69, 9.17) is 9.26 Å². The molecule has 3 heterocycles. The molecule has 0 amide bonds. The van der Waals surface area contributed by atoms with E-state index in [1.165, 1.54) is 17.9 Å². The van der Waals surface area contributed by atoms with Crippen molar-refractivity contribution in [3.63, 3.8) is 0 Å². The van der Waals surface area contributed by atoms with Crippen LogP contribution in [0, 0.1) is 5.82 Å². The molecule has 0 atom stereocenters. The van der Waals surface area contributed by atoms with Crippen LogP contribution in [0.3, 0.4) is 0 Å². The second kappa shape index (κ2) is 8.65. The van der Waals surface area contributed by atoms with Crippen molar-refractivity contribution in [3.8, 4) is 28.7 Å². The fourth-order valence-corrected chi connectivity index (χ4v) is 3.35. The Labute approximate surface area is 182 Å². The Morgan fingerprint density at radius 3 is 2.75 bits per heavy atom. The van der Waals surface area contributed by atoms with Gasteiger partial charge in [0, 0.05) is 12.7 Å². The molecule has 0 fully saturated rings. The quantitative estimate of drug-likeness (QED) is 0.473. The molecule has 4 aromatic rings. The van der Waals surface area contributed by atoms with Gasteiger partial charge in [0.25, 0.3) is 5.89 Å². The van der Waals surface area contributed by atoms with Gasteiger partial charge < -0.3 is 9.26 Å². The maximum absolute atomic E-state index is 14.3. The number of methoxy groups -OCH3 is 1. The number of rotatable bonds is 7. The summed E-state index contributed by atoms with van der Waals surface area (Å²) in [4.78, 5) is 8.59. The first kappa shape index (κ1) is 20.0. The van der Waals surface area contributed by atoms with Crippen LogP contribution in [0.15, 0.2) is 58.0 Å². The van der Waals surface area contributed by atoms with Crippen molar-refractivity contribution in [1.29, 1.82) is 0 Å². The number of benzene rings is 2. The Morgan fingerprint density at radius 1 is 1.16 bits per heavy atom. The molecule has 1 aliphatic heterocycles. The minimum atomic E-state index is -0.428. The first-order valence-corrected chi connectivity index (χ1v) is 9.85. The number of hydrogen-bond acceptors (Lipinski definition) is 9. The number of nitrogens with one attached hydrogen (secondary N) is 1. The Balaban J connectivity index is 1.42. The van der Waals surface area contributed by atoms with Crippen LogP contribution in [0.5, 0.6) is 0 Å². The first-order chi connectivity index (χ1) is 15.7. The lowest BCUT2D eigenvalue weighted by Crippen LogP contribution is -2.30. The lowest BCUT2D eigenvalue weighted by atomic mass is 10.1. The summed E-state index contributed by atoms with van der Waals surface area (Å²) in [6.45, 7) is 1.42. The van der Waals surface area contributed by atoms with E-state index in [2.05, 4.69) is 30.9 Å². The zero-order chi connectivity index (χ0) is 21.9. The van der Waals surface area contributed by atoms with Gasteiger partial charge in [0.15, 0.2) is 5.69 Å². The molecule has 5 rings (SSSR count). The number of aliphatic imine (C=N–C) groups is 1. The van der Waals surface area contributed by atoms with Crippen LogP contribution in [0.2, 0.25) is 0 Å². The van der Waals surface area contributed by atoms with E-state index in [1.807, 2.05) is 29.3 Å². The monoisotopic (exact) mass is 434 g/mol. The van der Waals surface area contributed by atoms with Gasteiger partial charge in [0.2, 0.25) is 5.82 Å². The van der Waals surface area contributed by atoms with Gasteiger partial charge in [-0.2, -0.15) is 4.98 Å². The van der Waals surface area contributed by atoms with Gasteiger partial charge in [-0.25, -0.2) is 14.5 Å². The van der Waals surface area contributed by atoms with E-state index in [-0.39, 0.29) is 18.2 Å². The molecule has 0 spiro atoms. The van der Waals surface area contributed by atoms with Crippen LogP contribution in [0.25, 0.3) is 28.7 Å². The molecular weight excluding hydrogens is 415 g/mol. The number of nitrogens with zero attached hydrogens (tertiary/aromatic N) is 7. The summed E-state index contributed by atoms with van der Waals surface area (Å²) in [5, 5.41) is 14.2. The topological polar surface area (TPSA) is 106 Å². The third kappa shape index (κ3) is 3.86. The molecule has 2 aromatic heterocycles. The smallest absolute Gasteiger partial charge is 0.280 e. The molecule has 0 radical (unpaired) electrons. The van der Waals surface area contributed by atoms with Crippen LogP contribution in [0.4, 0.5) is 4.39 Å². The summed E-state index contributed by atoms with van der Waals surface area (Å²) in [6.07, 6.45) is 1.77. The van der Waals surface area contributed by atoms with Crippen molar-refractivity contribution in [2.24, 2.45) is 4.99 Å². The minimum Gasteiger partial charge on any atom is -0.378 e. The highest BCUT2D eigenvalue weighted by molar-refractivity contribution is 5.60. The SMILES string of the molecule is COCc1c(-c2nc(-c3ccc(CN4C=NCN4)cc3)no2)nnn1-c1ccccc1F. The van der Waals surface area contributed by atoms with Crippen LogP contribution in [0.1, 0.15) is 11.3 Å². The fraction of sp³-hybridized carbons (Fsp3) is 0.190. The van der Waals surface area contributed by atoms with Crippen molar-refractivity contribution in [3.05, 3.63) is 65.6 Å². The van der Waals surface area contributed by atoms with Crippen LogP contribution in [-0.2, 0) is 17.9 Å². The molecule has 0 saturated heterocycles. The highest BCUT2D eigenvalue weighted by atomic mass is 19.1. The highest BCUT2D eigenvalue weighted by Crippen LogP contribution is 2.26. The van der Waals surface area contributed by atoms with E-state index < -0.39 is 5.82 Å². The van der Waals surface area contributed by atoms with Gasteiger partial charge in [-0.15, -0.1) is 5.10 Å². The van der Waals surface area contributed by atoms with E-state index in [0.29, 0.717) is 30.4 Å². The van der Waals surface area contributed by atoms with Crippen LogP contribution in [-0.4, -0.2) is 50.3 Å². The molecule has 0 bridgehead atoms. The predicted octanol–water partition coefficient (Wildman–Crippen LogP) is 2.58. The van der Waals surface area contributed by atoms with Gasteiger partial charge in [0.05, 0.1) is 13.2 Å². The zero-order valence-corrected chi connectivity index (χ0v) is 17.1. The summed E-state index contributed by atoms with van der Waals surface area (Å²) in [5.41, 5.74) is 6.12. The standard InChI is InChI=1S/C21H19FN8O2/c1-31-11-18-19(26-28-30(18)17-5-3-2-4-16(17)22)21-25-20(27-32-21)15-8-6-14(7-9-15)10-29-13-23-12-24-29/h2-9,13,24H,10-12H2,1H3. The van der Waals surface area contributed by atoms with Crippen LogP contribution >= 0.6 is 0 Å². The lowest BCUT2D eigenvalue weighted by Gasteiger charge is -2.13. The van der Waals surface area contributed by atoms with Gasteiger partial charge in [-0.1, -0.05) is 46.8 Å². The first-order valence-electron chi connectivity index (χ1n) is 9.85. The number of hydrogen-bond donors (Lipinski definition) is 1. The average molecular weight is 434 g/mol. The molecule has 1 N–H and O–H groups in total. The lowest BCUT2D eigenvalue weighted by molar-refractivity contribution is 0.179. The molecular formula is C21H19FN8O2. The third-order valence-electron chi connectivity index (χ3n) is 4.90. The molecule has 32 heavy (non-hydrogen) atoms. The van der Waals surface area contributed by atoms with E-state index in [1.54, 1.807) is 24.5 Å². The maximum atomic E-state index is 14.3. The molecule has 10 nitrogen and oxygen atoms in total. The highest BCUT2D eigenvalue weighted by Gasteiger charge is 2.23. The Kier molecular flexibility index (Phi) is 5.40. The van der Waals surface area contributed by atoms with Gasteiger partial charge in [-0.3, -0.25) is 10.0 Å². The van der Waals surface area contributed by atoms with E-state index >= 15 is 0 Å². The second-order valence-electron chi connectivity index (χ2n) is 7.04. The Morgan fingerprint density at radius 2 is 2.00 bits per heavy atom. The zero-order valence-electron chi connectivity index (χ0n) is 17.1. The normalized spacial score (nSPS) is 13.2. The molecule has 0 aliphatic carbocycles. The number of aromatic nitrogens is 5. The maximum Gasteiger partial charge on any atom is 0.280 e. The Hall–Kier alpha value is -3.96. The van der Waals surface area contributed by atoms with Crippen molar-refractivity contribution < 1.29 is 13.7 Å². The number of ether oxygens (including phenoxy) is 1. The van der Waals surface area contributed by atoms with Crippen molar-refractivity contribution in [1.82, 2.24) is 35.6 Å². The van der Waals surface area contributed by atoms with Gasteiger partial charge in [-0.05, 0) is 17.7 Å². The summed E-state index contributed by atoms with van der Waals surface area (Å²) in [7, 11) is 1.53. The number of para-hydroxylation sites is 1. The molecule has 11 heteroatoms. The molecule has 162 valence electrons. The molecule has 2 aromatic carbocycles. The summed E-state index contributed by atoms with van der Waals surface area (Å²) in [6, 6.07) is 14.1. The van der Waals surface area contributed by atoms with E-state index in [9.17, 15) is 4.39 Å². The summed E-state index contributed by atoms with van der Waals surface area (Å²) < 4.78 is 26.4. The molecule has 1 aliphatic rings. The van der Waals surface area contributed by atoms with E-state index in [0.717, 1.165) is 11.1 Å². The van der Waals surface area contributed by atoms with Gasteiger partial charge >= 0.3 is 0 Å². The average Bonchev–Trinajstić information content (AvgIpc) is 3.56. The molecule has 0 saturated carbocycles.